The molecular weight excluding hydrogens is 306 g/mol. The second kappa shape index (κ2) is 6.48. The van der Waals surface area contributed by atoms with Gasteiger partial charge in [-0.3, -0.25) is 4.79 Å². The van der Waals surface area contributed by atoms with E-state index in [4.69, 9.17) is 5.73 Å². The van der Waals surface area contributed by atoms with Crippen LogP contribution in [0.2, 0.25) is 0 Å². The normalized spacial score (nSPS) is 23.1. The van der Waals surface area contributed by atoms with Gasteiger partial charge in [0.1, 0.15) is 4.60 Å². The topological polar surface area (TPSA) is 68.0 Å². The highest BCUT2D eigenvalue weighted by Gasteiger charge is 2.25. The van der Waals surface area contributed by atoms with E-state index in [2.05, 4.69) is 26.2 Å². The molecule has 1 amide bonds. The first kappa shape index (κ1) is 14.5. The van der Waals surface area contributed by atoms with Crippen molar-refractivity contribution in [1.82, 2.24) is 4.98 Å². The van der Waals surface area contributed by atoms with Crippen LogP contribution in [-0.4, -0.2) is 17.4 Å². The van der Waals surface area contributed by atoms with Crippen molar-refractivity contribution in [2.24, 2.45) is 17.6 Å². The van der Waals surface area contributed by atoms with Crippen molar-refractivity contribution in [2.45, 2.75) is 32.6 Å². The van der Waals surface area contributed by atoms with E-state index in [1.807, 2.05) is 19.1 Å². The number of aromatic nitrogens is 1. The van der Waals surface area contributed by atoms with Gasteiger partial charge in [0, 0.05) is 5.92 Å². The molecule has 4 nitrogen and oxygen atoms in total. The Morgan fingerprint density at radius 2 is 2.11 bits per heavy atom. The number of nitrogens with two attached hydrogens (primary N) is 1. The van der Waals surface area contributed by atoms with E-state index in [0.29, 0.717) is 5.92 Å². The zero-order chi connectivity index (χ0) is 13.8. The maximum atomic E-state index is 12.2. The average molecular weight is 326 g/mol. The SMILES string of the molecule is Cc1nc(Br)ccc1NC(=O)C1CCC(CN)CC1. The highest BCUT2D eigenvalue weighted by Crippen LogP contribution is 2.29. The minimum atomic E-state index is 0.114. The molecule has 0 radical (unpaired) electrons. The van der Waals surface area contributed by atoms with Gasteiger partial charge in [-0.1, -0.05) is 0 Å². The lowest BCUT2D eigenvalue weighted by Gasteiger charge is -2.26. The lowest BCUT2D eigenvalue weighted by molar-refractivity contribution is -0.121. The van der Waals surface area contributed by atoms with Crippen molar-refractivity contribution in [3.8, 4) is 0 Å². The Morgan fingerprint density at radius 1 is 1.42 bits per heavy atom. The first-order valence-electron chi connectivity index (χ1n) is 6.74. The minimum Gasteiger partial charge on any atom is -0.330 e. The van der Waals surface area contributed by atoms with Crippen LogP contribution in [0.1, 0.15) is 31.4 Å². The zero-order valence-corrected chi connectivity index (χ0v) is 12.7. The maximum absolute atomic E-state index is 12.2. The summed E-state index contributed by atoms with van der Waals surface area (Å²) in [5.41, 5.74) is 7.30. The summed E-state index contributed by atoms with van der Waals surface area (Å²) in [7, 11) is 0. The fourth-order valence-electron chi connectivity index (χ4n) is 2.56. The molecular formula is C14H20BrN3O. The van der Waals surface area contributed by atoms with E-state index < -0.39 is 0 Å². The van der Waals surface area contributed by atoms with Crippen LogP contribution < -0.4 is 11.1 Å². The predicted octanol–water partition coefficient (Wildman–Crippen LogP) is 2.86. The lowest BCUT2D eigenvalue weighted by atomic mass is 9.81. The first-order chi connectivity index (χ1) is 9.10. The summed E-state index contributed by atoms with van der Waals surface area (Å²) in [6.45, 7) is 2.63. The Labute approximate surface area is 122 Å². The molecule has 0 aliphatic heterocycles. The summed E-state index contributed by atoms with van der Waals surface area (Å²) in [6, 6.07) is 3.73. The van der Waals surface area contributed by atoms with Crippen LogP contribution in [0.15, 0.2) is 16.7 Å². The molecule has 1 aromatic heterocycles. The average Bonchev–Trinajstić information content (AvgIpc) is 2.42. The molecule has 1 saturated carbocycles. The van der Waals surface area contributed by atoms with E-state index >= 15 is 0 Å². The highest BCUT2D eigenvalue weighted by molar-refractivity contribution is 9.10. The van der Waals surface area contributed by atoms with Crippen LogP contribution in [0.4, 0.5) is 5.69 Å². The Kier molecular flexibility index (Phi) is 4.93. The highest BCUT2D eigenvalue weighted by atomic mass is 79.9. The van der Waals surface area contributed by atoms with Gasteiger partial charge in [-0.25, -0.2) is 4.98 Å². The monoisotopic (exact) mass is 325 g/mol. The van der Waals surface area contributed by atoms with Crippen molar-refractivity contribution in [2.75, 3.05) is 11.9 Å². The number of nitrogens with zero attached hydrogens (tertiary/aromatic N) is 1. The third-order valence-corrected chi connectivity index (χ3v) is 4.30. The molecule has 0 spiro atoms. The number of rotatable bonds is 3. The number of carbonyl (C=O) groups excluding carboxylic acids is 1. The number of pyridine rings is 1. The van der Waals surface area contributed by atoms with Gasteiger partial charge in [0.25, 0.3) is 0 Å². The van der Waals surface area contributed by atoms with E-state index in [1.54, 1.807) is 0 Å². The molecule has 104 valence electrons. The maximum Gasteiger partial charge on any atom is 0.227 e. The third-order valence-electron chi connectivity index (χ3n) is 3.86. The molecule has 1 heterocycles. The molecule has 1 aliphatic carbocycles. The number of halogens is 1. The Morgan fingerprint density at radius 3 is 2.68 bits per heavy atom. The van der Waals surface area contributed by atoms with E-state index in [-0.39, 0.29) is 11.8 Å². The number of anilines is 1. The van der Waals surface area contributed by atoms with Crippen LogP contribution in [0, 0.1) is 18.8 Å². The smallest absolute Gasteiger partial charge is 0.227 e. The molecule has 5 heteroatoms. The summed E-state index contributed by atoms with van der Waals surface area (Å²) in [5, 5.41) is 2.99. The summed E-state index contributed by atoms with van der Waals surface area (Å²) < 4.78 is 0.784. The standard InChI is InChI=1S/C14H20BrN3O/c1-9-12(6-7-13(15)17-9)18-14(19)11-4-2-10(8-16)3-5-11/h6-7,10-11H,2-5,8,16H2,1H3,(H,18,19). The van der Waals surface area contributed by atoms with Gasteiger partial charge in [-0.15, -0.1) is 0 Å². The predicted molar refractivity (Wildman–Crippen MR) is 79.8 cm³/mol. The molecule has 2 rings (SSSR count). The number of aryl methyl sites for hydroxylation is 1. The van der Waals surface area contributed by atoms with Gasteiger partial charge in [-0.2, -0.15) is 0 Å². The van der Waals surface area contributed by atoms with Crippen LogP contribution in [-0.2, 0) is 4.79 Å². The van der Waals surface area contributed by atoms with Gasteiger partial charge < -0.3 is 11.1 Å². The van der Waals surface area contributed by atoms with Crippen molar-refractivity contribution in [1.29, 1.82) is 0 Å². The molecule has 0 bridgehead atoms. The Bertz CT molecular complexity index is 456. The van der Waals surface area contributed by atoms with E-state index in [9.17, 15) is 4.79 Å². The van der Waals surface area contributed by atoms with Gasteiger partial charge >= 0.3 is 0 Å². The van der Waals surface area contributed by atoms with Crippen molar-refractivity contribution < 1.29 is 4.79 Å². The number of hydrogen-bond acceptors (Lipinski definition) is 3. The molecule has 0 unspecified atom stereocenters. The van der Waals surface area contributed by atoms with Crippen LogP contribution in [0.25, 0.3) is 0 Å². The van der Waals surface area contributed by atoms with E-state index in [1.165, 1.54) is 0 Å². The molecule has 0 atom stereocenters. The second-order valence-electron chi connectivity index (χ2n) is 5.21. The van der Waals surface area contributed by atoms with Gasteiger partial charge in [0.2, 0.25) is 5.91 Å². The summed E-state index contributed by atoms with van der Waals surface area (Å²) in [4.78, 5) is 16.5. The number of nitrogens with one attached hydrogen (secondary N) is 1. The van der Waals surface area contributed by atoms with Crippen LogP contribution in [0.3, 0.4) is 0 Å². The molecule has 1 fully saturated rings. The van der Waals surface area contributed by atoms with Crippen LogP contribution in [0.5, 0.6) is 0 Å². The van der Waals surface area contributed by atoms with Crippen molar-refractivity contribution in [3.05, 3.63) is 22.4 Å². The number of carbonyl (C=O) groups is 1. The van der Waals surface area contributed by atoms with Crippen LogP contribution >= 0.6 is 15.9 Å². The quantitative estimate of drug-likeness (QED) is 0.839. The fourth-order valence-corrected chi connectivity index (χ4v) is 2.96. The van der Waals surface area contributed by atoms with Crippen molar-refractivity contribution >= 4 is 27.5 Å². The molecule has 1 aliphatic rings. The molecule has 0 aromatic carbocycles. The van der Waals surface area contributed by atoms with Crippen molar-refractivity contribution in [3.63, 3.8) is 0 Å². The Balaban J connectivity index is 1.94. The first-order valence-corrected chi connectivity index (χ1v) is 7.53. The summed E-state index contributed by atoms with van der Waals surface area (Å²) in [5.74, 6) is 0.827. The number of amides is 1. The van der Waals surface area contributed by atoms with E-state index in [0.717, 1.165) is 48.2 Å². The third kappa shape index (κ3) is 3.76. The van der Waals surface area contributed by atoms with Gasteiger partial charge in [0.15, 0.2) is 0 Å². The number of hydrogen-bond donors (Lipinski definition) is 2. The second-order valence-corrected chi connectivity index (χ2v) is 6.02. The Hall–Kier alpha value is -0.940. The summed E-state index contributed by atoms with van der Waals surface area (Å²) >= 11 is 3.32. The zero-order valence-electron chi connectivity index (χ0n) is 11.2. The van der Waals surface area contributed by atoms with Gasteiger partial charge in [-0.05, 0) is 73.1 Å². The fraction of sp³-hybridized carbons (Fsp3) is 0.571. The summed E-state index contributed by atoms with van der Waals surface area (Å²) in [6.07, 6.45) is 4.01. The molecule has 1 aromatic rings. The minimum absolute atomic E-state index is 0.114. The van der Waals surface area contributed by atoms with Gasteiger partial charge in [0.05, 0.1) is 11.4 Å². The largest absolute Gasteiger partial charge is 0.330 e. The lowest BCUT2D eigenvalue weighted by Crippen LogP contribution is -2.29. The molecule has 0 saturated heterocycles. The molecule has 3 N–H and O–H groups in total. The molecule has 19 heavy (non-hydrogen) atoms.